The summed E-state index contributed by atoms with van der Waals surface area (Å²) in [5.41, 5.74) is 12.6. The summed E-state index contributed by atoms with van der Waals surface area (Å²) in [5, 5.41) is 12.2. The highest BCUT2D eigenvalue weighted by Crippen LogP contribution is 2.43. The van der Waals surface area contributed by atoms with Crippen LogP contribution in [0, 0.1) is 25.2 Å². The Morgan fingerprint density at radius 2 is 1.43 bits per heavy atom. The lowest BCUT2D eigenvalue weighted by atomic mass is 9.83. The summed E-state index contributed by atoms with van der Waals surface area (Å²) in [5.74, 6) is 0.647. The molecule has 0 saturated heterocycles. The molecule has 0 spiro atoms. The molecule has 0 atom stereocenters. The Morgan fingerprint density at radius 1 is 0.738 bits per heavy atom. The summed E-state index contributed by atoms with van der Waals surface area (Å²) in [7, 11) is 2.11. The topological polar surface area (TPSA) is 40.8 Å². The Labute approximate surface area is 247 Å². The Bertz CT molecular complexity index is 1990. The van der Waals surface area contributed by atoms with Gasteiger partial charge in [0.2, 0.25) is 5.69 Å². The molecular formula is C39H35N2O+. The fraction of sp³-hybridized carbons (Fsp3) is 0.231. The highest BCUT2D eigenvalue weighted by Gasteiger charge is 2.25. The number of benzene rings is 4. The molecule has 0 N–H and O–H groups in total. The second-order valence-electron chi connectivity index (χ2n) is 11.9. The maximum absolute atomic E-state index is 10.1. The van der Waals surface area contributed by atoms with Gasteiger partial charge in [-0.05, 0) is 72.6 Å². The minimum absolute atomic E-state index is 0.638. The molecule has 2 aromatic heterocycles. The first kappa shape index (κ1) is 26.2. The van der Waals surface area contributed by atoms with Gasteiger partial charge in [0.1, 0.15) is 18.2 Å². The van der Waals surface area contributed by atoms with Crippen LogP contribution in [0.5, 0.6) is 0 Å². The SMILES string of the molecule is Cc1cc(-c2c(C)ccc3c2oc2c(-c4ccc(C5CCCCC5)cc4)c(C#N)ccc23)[n+](C)cc1-c1ccccc1. The van der Waals surface area contributed by atoms with E-state index in [0.717, 1.165) is 49.9 Å². The van der Waals surface area contributed by atoms with E-state index in [0.29, 0.717) is 11.5 Å². The van der Waals surface area contributed by atoms with E-state index in [1.807, 2.05) is 12.1 Å². The minimum atomic E-state index is 0.638. The molecule has 4 aromatic carbocycles. The molecule has 0 unspecified atom stereocenters. The largest absolute Gasteiger partial charge is 0.454 e. The zero-order valence-electron chi connectivity index (χ0n) is 24.6. The van der Waals surface area contributed by atoms with Crippen molar-refractivity contribution in [1.82, 2.24) is 0 Å². The monoisotopic (exact) mass is 547 g/mol. The number of aromatic nitrogens is 1. The molecule has 0 bridgehead atoms. The molecule has 0 amide bonds. The summed E-state index contributed by atoms with van der Waals surface area (Å²) in [4.78, 5) is 0. The highest BCUT2D eigenvalue weighted by molar-refractivity contribution is 6.14. The molecule has 0 radical (unpaired) electrons. The number of aryl methyl sites for hydroxylation is 3. The van der Waals surface area contributed by atoms with E-state index in [4.69, 9.17) is 4.42 Å². The Hall–Kier alpha value is -4.68. The normalized spacial score (nSPS) is 14.0. The average Bonchev–Trinajstić information content (AvgIpc) is 3.41. The predicted molar refractivity (Wildman–Crippen MR) is 171 cm³/mol. The summed E-state index contributed by atoms with van der Waals surface area (Å²) < 4.78 is 9.04. The zero-order chi connectivity index (χ0) is 28.8. The second kappa shape index (κ2) is 10.6. The number of pyridine rings is 1. The van der Waals surface area contributed by atoms with Gasteiger partial charge in [-0.1, -0.05) is 86.0 Å². The Balaban J connectivity index is 1.40. The number of nitriles is 1. The van der Waals surface area contributed by atoms with Crippen LogP contribution in [0.3, 0.4) is 0 Å². The van der Waals surface area contributed by atoms with E-state index in [9.17, 15) is 5.26 Å². The van der Waals surface area contributed by atoms with Crippen LogP contribution in [0.15, 0.2) is 95.5 Å². The number of hydrogen-bond acceptors (Lipinski definition) is 2. The summed E-state index contributed by atoms with van der Waals surface area (Å²) in [6.07, 6.45) is 8.74. The van der Waals surface area contributed by atoms with E-state index in [-0.39, 0.29) is 0 Å². The van der Waals surface area contributed by atoms with Gasteiger partial charge in [0.05, 0.1) is 17.2 Å². The van der Waals surface area contributed by atoms with Crippen molar-refractivity contribution >= 4 is 21.9 Å². The lowest BCUT2D eigenvalue weighted by Crippen LogP contribution is -2.31. The predicted octanol–water partition coefficient (Wildman–Crippen LogP) is 9.95. The van der Waals surface area contributed by atoms with Crippen molar-refractivity contribution in [1.29, 1.82) is 5.26 Å². The lowest BCUT2D eigenvalue weighted by Gasteiger charge is -2.22. The van der Waals surface area contributed by atoms with Crippen LogP contribution in [0.1, 0.15) is 60.3 Å². The first-order chi connectivity index (χ1) is 20.5. The highest BCUT2D eigenvalue weighted by atomic mass is 16.3. The minimum Gasteiger partial charge on any atom is -0.454 e. The van der Waals surface area contributed by atoms with Gasteiger partial charge in [-0.15, -0.1) is 0 Å². The Morgan fingerprint density at radius 3 is 2.14 bits per heavy atom. The quantitative estimate of drug-likeness (QED) is 0.206. The van der Waals surface area contributed by atoms with Crippen LogP contribution < -0.4 is 4.57 Å². The maximum Gasteiger partial charge on any atom is 0.216 e. The van der Waals surface area contributed by atoms with Crippen LogP contribution in [0.2, 0.25) is 0 Å². The molecule has 2 heterocycles. The van der Waals surface area contributed by atoms with E-state index < -0.39 is 0 Å². The van der Waals surface area contributed by atoms with Crippen LogP contribution in [0.4, 0.5) is 0 Å². The van der Waals surface area contributed by atoms with E-state index in [2.05, 4.69) is 111 Å². The van der Waals surface area contributed by atoms with E-state index in [1.54, 1.807) is 0 Å². The van der Waals surface area contributed by atoms with Crippen LogP contribution in [0.25, 0.3) is 55.4 Å². The summed E-state index contributed by atoms with van der Waals surface area (Å²) >= 11 is 0. The molecule has 1 saturated carbocycles. The van der Waals surface area contributed by atoms with Gasteiger partial charge in [0, 0.05) is 28.0 Å². The van der Waals surface area contributed by atoms with Crippen molar-refractivity contribution in [2.75, 3.05) is 0 Å². The van der Waals surface area contributed by atoms with Crippen LogP contribution in [-0.4, -0.2) is 0 Å². The van der Waals surface area contributed by atoms with E-state index in [1.165, 1.54) is 54.4 Å². The molecule has 1 aliphatic rings. The van der Waals surface area contributed by atoms with Crippen molar-refractivity contribution in [3.63, 3.8) is 0 Å². The third-order valence-electron chi connectivity index (χ3n) is 9.24. The molecule has 206 valence electrons. The molecule has 7 rings (SSSR count). The lowest BCUT2D eigenvalue weighted by molar-refractivity contribution is -0.659. The van der Waals surface area contributed by atoms with Crippen molar-refractivity contribution in [3.05, 3.63) is 113 Å². The molecule has 0 aliphatic heterocycles. The van der Waals surface area contributed by atoms with Gasteiger partial charge in [-0.3, -0.25) is 0 Å². The van der Waals surface area contributed by atoms with Gasteiger partial charge in [0.25, 0.3) is 0 Å². The second-order valence-corrected chi connectivity index (χ2v) is 11.9. The van der Waals surface area contributed by atoms with Gasteiger partial charge < -0.3 is 4.42 Å². The first-order valence-corrected chi connectivity index (χ1v) is 15.1. The average molecular weight is 548 g/mol. The molecule has 42 heavy (non-hydrogen) atoms. The Kier molecular flexibility index (Phi) is 6.63. The molecular weight excluding hydrogens is 512 g/mol. The maximum atomic E-state index is 10.1. The fourth-order valence-electron chi connectivity index (χ4n) is 6.98. The van der Waals surface area contributed by atoms with Crippen molar-refractivity contribution in [3.8, 4) is 39.6 Å². The first-order valence-electron chi connectivity index (χ1n) is 15.1. The van der Waals surface area contributed by atoms with Gasteiger partial charge in [-0.25, -0.2) is 4.57 Å². The number of hydrogen-bond donors (Lipinski definition) is 0. The van der Waals surface area contributed by atoms with Gasteiger partial charge in [-0.2, -0.15) is 5.26 Å². The number of nitrogens with zero attached hydrogens (tertiary/aromatic N) is 2. The van der Waals surface area contributed by atoms with E-state index >= 15 is 0 Å². The molecule has 3 nitrogen and oxygen atoms in total. The van der Waals surface area contributed by atoms with Gasteiger partial charge in [0.15, 0.2) is 6.20 Å². The number of rotatable bonds is 4. The fourth-order valence-corrected chi connectivity index (χ4v) is 6.98. The molecule has 1 aliphatic carbocycles. The van der Waals surface area contributed by atoms with Crippen LogP contribution in [-0.2, 0) is 7.05 Å². The molecule has 3 heteroatoms. The third kappa shape index (κ3) is 4.39. The summed E-state index contributed by atoms with van der Waals surface area (Å²) in [6, 6.07) is 32.5. The number of furan rings is 1. The standard InChI is InChI=1S/C39H35N2O/c1-25-14-20-32-33-21-19-31(23-40)37(30-17-15-28(16-18-30)27-10-6-4-7-11-27)39(33)42-38(32)36(25)35-22-26(2)34(24-41(35)3)29-12-8-5-9-13-29/h5,8-9,12-22,24,27H,4,6-7,10-11H2,1-3H3/q+1. The third-order valence-corrected chi connectivity index (χ3v) is 9.24. The zero-order valence-corrected chi connectivity index (χ0v) is 24.6. The smallest absolute Gasteiger partial charge is 0.216 e. The number of fused-ring (bicyclic) bond motifs is 3. The van der Waals surface area contributed by atoms with Crippen molar-refractivity contribution in [2.24, 2.45) is 7.05 Å². The summed E-state index contributed by atoms with van der Waals surface area (Å²) in [6.45, 7) is 4.32. The van der Waals surface area contributed by atoms with Crippen LogP contribution >= 0.6 is 0 Å². The van der Waals surface area contributed by atoms with Crippen molar-refractivity contribution < 1.29 is 8.98 Å². The molecule has 6 aromatic rings. The molecule has 1 fully saturated rings. The van der Waals surface area contributed by atoms with Gasteiger partial charge >= 0.3 is 0 Å². The van der Waals surface area contributed by atoms with Crippen molar-refractivity contribution in [2.45, 2.75) is 51.9 Å².